The van der Waals surface area contributed by atoms with Gasteiger partial charge in [0, 0.05) is 37.4 Å². The monoisotopic (exact) mass is 420 g/mol. The van der Waals surface area contributed by atoms with E-state index in [0.29, 0.717) is 26.1 Å². The number of nitrogens with one attached hydrogen (secondary N) is 1. The van der Waals surface area contributed by atoms with Crippen molar-refractivity contribution < 1.29 is 41.4 Å². The first kappa shape index (κ1) is 22.6. The number of hydrogen-bond donors (Lipinski definition) is 2. The van der Waals surface area contributed by atoms with E-state index in [4.69, 9.17) is 15.2 Å². The van der Waals surface area contributed by atoms with Gasteiger partial charge < -0.3 is 25.3 Å². The van der Waals surface area contributed by atoms with Crippen molar-refractivity contribution in [3.8, 4) is 11.5 Å². The smallest absolute Gasteiger partial charge is 0.489 e. The Bertz CT molecular complexity index is 761. The summed E-state index contributed by atoms with van der Waals surface area (Å²) in [6.45, 7) is 0.490. The molecule has 2 rings (SSSR count). The largest absolute Gasteiger partial charge is 0.491 e. The van der Waals surface area contributed by atoms with Gasteiger partial charge in [-0.1, -0.05) is 0 Å². The molecular weight excluding hydrogens is 400 g/mol. The van der Waals surface area contributed by atoms with Crippen LogP contribution in [-0.2, 0) is 9.53 Å². The Morgan fingerprint density at radius 3 is 2.55 bits per heavy atom. The molecule has 0 aromatic heterocycles. The zero-order valence-corrected chi connectivity index (χ0v) is 15.3. The molecule has 1 aliphatic heterocycles. The van der Waals surface area contributed by atoms with E-state index in [1.807, 2.05) is 0 Å². The highest BCUT2D eigenvalue weighted by atomic mass is 19.4. The first-order valence-electron chi connectivity index (χ1n) is 8.67. The van der Waals surface area contributed by atoms with Crippen molar-refractivity contribution in [2.24, 2.45) is 5.73 Å². The third kappa shape index (κ3) is 6.71. The second kappa shape index (κ2) is 10.2. The molecule has 1 fully saturated rings. The number of halogens is 4. The Labute approximate surface area is 163 Å². The second-order valence-electron chi connectivity index (χ2n) is 6.17. The van der Waals surface area contributed by atoms with Crippen LogP contribution in [0.25, 0.3) is 0 Å². The fraction of sp³-hybridized carbons (Fsp3) is 0.444. The number of carbonyl (C=O) groups excluding carboxylic acids is 2. The Balaban J connectivity index is 2.23. The summed E-state index contributed by atoms with van der Waals surface area (Å²) in [7, 11) is 0. The van der Waals surface area contributed by atoms with Crippen LogP contribution in [0, 0.1) is 0 Å². The molecule has 1 aromatic carbocycles. The van der Waals surface area contributed by atoms with Crippen LogP contribution in [0.2, 0.25) is 0 Å². The first-order valence-corrected chi connectivity index (χ1v) is 8.67. The van der Waals surface area contributed by atoms with Crippen molar-refractivity contribution in [2.45, 2.75) is 25.1 Å². The van der Waals surface area contributed by atoms with E-state index in [0.717, 1.165) is 12.1 Å². The third-order valence-corrected chi connectivity index (χ3v) is 4.03. The lowest BCUT2D eigenvalue weighted by molar-refractivity contribution is -0.189. The molecular formula is C18H20F4N2O5. The molecule has 1 aromatic rings. The number of ether oxygens (including phenoxy) is 3. The average molecular weight is 420 g/mol. The molecule has 11 heteroatoms. The van der Waals surface area contributed by atoms with E-state index < -0.39 is 23.8 Å². The quantitative estimate of drug-likeness (QED) is 0.399. The van der Waals surface area contributed by atoms with E-state index in [1.54, 1.807) is 0 Å². The zero-order chi connectivity index (χ0) is 21.4. The number of hydrogen-bond acceptors (Lipinski definition) is 6. The SMILES string of the molecule is NC/C(=C/F)COc1ccc(C(=O)NC2CCOCC2)c(OC(=O)C(F)(F)F)c1. The van der Waals surface area contributed by atoms with Crippen molar-refractivity contribution in [3.05, 3.63) is 35.7 Å². The Kier molecular flexibility index (Phi) is 7.97. The summed E-state index contributed by atoms with van der Waals surface area (Å²) in [6, 6.07) is 3.18. The molecule has 0 aliphatic carbocycles. The van der Waals surface area contributed by atoms with Crippen molar-refractivity contribution in [1.29, 1.82) is 0 Å². The van der Waals surface area contributed by atoms with Crippen LogP contribution in [0.5, 0.6) is 11.5 Å². The van der Waals surface area contributed by atoms with Gasteiger partial charge in [-0.3, -0.25) is 4.79 Å². The van der Waals surface area contributed by atoms with E-state index in [9.17, 15) is 27.2 Å². The minimum atomic E-state index is -5.25. The minimum Gasteiger partial charge on any atom is -0.489 e. The van der Waals surface area contributed by atoms with Crippen LogP contribution < -0.4 is 20.5 Å². The fourth-order valence-electron chi connectivity index (χ4n) is 2.44. The van der Waals surface area contributed by atoms with Gasteiger partial charge >= 0.3 is 12.1 Å². The Morgan fingerprint density at radius 2 is 1.97 bits per heavy atom. The lowest BCUT2D eigenvalue weighted by atomic mass is 10.1. The van der Waals surface area contributed by atoms with Crippen LogP contribution in [0.4, 0.5) is 17.6 Å². The number of esters is 1. The van der Waals surface area contributed by atoms with Gasteiger partial charge in [0.15, 0.2) is 0 Å². The number of rotatable bonds is 7. The summed E-state index contributed by atoms with van der Waals surface area (Å²) in [5, 5.41) is 2.67. The molecule has 0 spiro atoms. The number of benzene rings is 1. The van der Waals surface area contributed by atoms with Gasteiger partial charge in [0.2, 0.25) is 0 Å². The highest BCUT2D eigenvalue weighted by molar-refractivity contribution is 5.98. The van der Waals surface area contributed by atoms with E-state index >= 15 is 0 Å². The van der Waals surface area contributed by atoms with Crippen molar-refractivity contribution in [2.75, 3.05) is 26.4 Å². The van der Waals surface area contributed by atoms with E-state index in [2.05, 4.69) is 10.1 Å². The van der Waals surface area contributed by atoms with Crippen molar-refractivity contribution in [3.63, 3.8) is 0 Å². The van der Waals surface area contributed by atoms with Crippen LogP contribution in [0.1, 0.15) is 23.2 Å². The number of alkyl halides is 3. The van der Waals surface area contributed by atoms with Gasteiger partial charge in [0.1, 0.15) is 18.1 Å². The molecule has 0 saturated carbocycles. The van der Waals surface area contributed by atoms with Gasteiger partial charge in [-0.15, -0.1) is 0 Å². The molecule has 3 N–H and O–H groups in total. The summed E-state index contributed by atoms with van der Waals surface area (Å²) in [5.41, 5.74) is 5.12. The standard InChI is InChI=1S/C18H20F4N2O5/c19-8-11(9-23)10-28-13-1-2-14(15(7-13)29-17(26)18(20,21)22)16(25)24-12-3-5-27-6-4-12/h1-2,7-8,12H,3-6,9-10,23H2,(H,24,25)/b11-8-. The van der Waals surface area contributed by atoms with Gasteiger partial charge in [-0.2, -0.15) is 13.2 Å². The lowest BCUT2D eigenvalue weighted by Crippen LogP contribution is -2.39. The highest BCUT2D eigenvalue weighted by Crippen LogP contribution is 2.28. The maximum absolute atomic E-state index is 12.6. The summed E-state index contributed by atoms with van der Waals surface area (Å²) >= 11 is 0. The average Bonchev–Trinajstić information content (AvgIpc) is 2.69. The molecule has 29 heavy (non-hydrogen) atoms. The van der Waals surface area contributed by atoms with Gasteiger partial charge in [0.05, 0.1) is 11.9 Å². The Hall–Kier alpha value is -2.66. The van der Waals surface area contributed by atoms with Crippen molar-refractivity contribution in [1.82, 2.24) is 5.32 Å². The maximum Gasteiger partial charge on any atom is 0.491 e. The predicted molar refractivity (Wildman–Crippen MR) is 93.2 cm³/mol. The second-order valence-corrected chi connectivity index (χ2v) is 6.17. The van der Waals surface area contributed by atoms with Crippen LogP contribution in [0.15, 0.2) is 30.1 Å². The number of nitrogens with two attached hydrogens (primary N) is 1. The normalized spacial score (nSPS) is 15.7. The van der Waals surface area contributed by atoms with Gasteiger partial charge in [-0.05, 0) is 25.0 Å². The summed E-state index contributed by atoms with van der Waals surface area (Å²) < 4.78 is 65.2. The van der Waals surface area contributed by atoms with Crippen LogP contribution in [0.3, 0.4) is 0 Å². The molecule has 1 amide bonds. The molecule has 1 saturated heterocycles. The zero-order valence-electron chi connectivity index (χ0n) is 15.3. The molecule has 0 bridgehead atoms. The number of amides is 1. The number of carbonyl (C=O) groups is 2. The molecule has 1 aliphatic rings. The van der Waals surface area contributed by atoms with E-state index in [1.165, 1.54) is 6.07 Å². The van der Waals surface area contributed by atoms with Crippen LogP contribution >= 0.6 is 0 Å². The third-order valence-electron chi connectivity index (χ3n) is 4.03. The topological polar surface area (TPSA) is 99.9 Å². The predicted octanol–water partition coefficient (Wildman–Crippen LogP) is 2.25. The summed E-state index contributed by atoms with van der Waals surface area (Å²) in [4.78, 5) is 23.8. The Morgan fingerprint density at radius 1 is 1.28 bits per heavy atom. The van der Waals surface area contributed by atoms with E-state index in [-0.39, 0.29) is 42.4 Å². The van der Waals surface area contributed by atoms with Gasteiger partial charge in [-0.25, -0.2) is 9.18 Å². The fourth-order valence-corrected chi connectivity index (χ4v) is 2.44. The first-order chi connectivity index (χ1) is 13.7. The summed E-state index contributed by atoms with van der Waals surface area (Å²) in [6.07, 6.45) is -3.92. The molecule has 0 unspecified atom stereocenters. The van der Waals surface area contributed by atoms with Crippen molar-refractivity contribution >= 4 is 11.9 Å². The highest BCUT2D eigenvalue weighted by Gasteiger charge is 2.42. The molecule has 0 atom stereocenters. The molecule has 0 radical (unpaired) electrons. The molecule has 1 heterocycles. The van der Waals surface area contributed by atoms with Crippen LogP contribution in [-0.4, -0.2) is 50.5 Å². The summed E-state index contributed by atoms with van der Waals surface area (Å²) in [5.74, 6) is -3.86. The van der Waals surface area contributed by atoms with Gasteiger partial charge in [0.25, 0.3) is 5.91 Å². The lowest BCUT2D eigenvalue weighted by Gasteiger charge is -2.23. The molecule has 7 nitrogen and oxygen atoms in total. The maximum atomic E-state index is 12.6. The molecule has 160 valence electrons. The minimum absolute atomic E-state index is 0.0367.